The number of carbonyl (C=O) groups is 1. The van der Waals surface area contributed by atoms with Gasteiger partial charge in [-0.25, -0.2) is 8.42 Å². The molecule has 0 aromatic heterocycles. The molecule has 21 heavy (non-hydrogen) atoms. The fourth-order valence-electron chi connectivity index (χ4n) is 3.02. The van der Waals surface area contributed by atoms with Gasteiger partial charge >= 0.3 is 0 Å². The van der Waals surface area contributed by atoms with E-state index in [9.17, 15) is 13.2 Å². The Labute approximate surface area is 124 Å². The van der Waals surface area contributed by atoms with Gasteiger partial charge in [0.15, 0.2) is 0 Å². The van der Waals surface area contributed by atoms with Crippen LogP contribution in [0.1, 0.15) is 24.0 Å². The molecule has 6 heteroatoms. The van der Waals surface area contributed by atoms with E-state index >= 15 is 0 Å². The maximum atomic E-state index is 12.3. The van der Waals surface area contributed by atoms with E-state index in [1.807, 2.05) is 6.07 Å². The van der Waals surface area contributed by atoms with Crippen molar-refractivity contribution in [1.82, 2.24) is 4.90 Å². The topological polar surface area (TPSA) is 80.5 Å². The molecule has 2 heterocycles. The van der Waals surface area contributed by atoms with Crippen LogP contribution in [-0.4, -0.2) is 38.9 Å². The van der Waals surface area contributed by atoms with Crippen molar-refractivity contribution >= 4 is 21.8 Å². The normalized spacial score (nSPS) is 20.3. The molecule has 0 aliphatic carbocycles. The highest BCUT2D eigenvalue weighted by Gasteiger charge is 2.34. The van der Waals surface area contributed by atoms with E-state index in [0.29, 0.717) is 5.56 Å². The minimum Gasteiger partial charge on any atom is -0.365 e. The van der Waals surface area contributed by atoms with Gasteiger partial charge < -0.3 is 10.6 Å². The van der Waals surface area contributed by atoms with Crippen LogP contribution >= 0.6 is 0 Å². The van der Waals surface area contributed by atoms with Crippen molar-refractivity contribution in [2.24, 2.45) is 5.73 Å². The van der Waals surface area contributed by atoms with Gasteiger partial charge in [0.05, 0.1) is 4.90 Å². The van der Waals surface area contributed by atoms with E-state index in [1.54, 1.807) is 6.07 Å². The Morgan fingerprint density at radius 1 is 1.24 bits per heavy atom. The van der Waals surface area contributed by atoms with Gasteiger partial charge in [0.25, 0.3) is 5.91 Å². The third-order valence-corrected chi connectivity index (χ3v) is 5.98. The van der Waals surface area contributed by atoms with Gasteiger partial charge in [0.2, 0.25) is 9.84 Å². The number of benzene rings is 1. The van der Waals surface area contributed by atoms with Crippen LogP contribution in [0.15, 0.2) is 28.0 Å². The first-order valence-electron chi connectivity index (χ1n) is 7.11. The third-order valence-electron chi connectivity index (χ3n) is 4.15. The molecule has 1 fully saturated rings. The Bertz CT molecular complexity index is 716. The molecule has 1 aromatic rings. The number of hydrogen-bond acceptors (Lipinski definition) is 4. The van der Waals surface area contributed by atoms with Gasteiger partial charge in [0.1, 0.15) is 4.91 Å². The van der Waals surface area contributed by atoms with Gasteiger partial charge in [-0.1, -0.05) is 12.1 Å². The van der Waals surface area contributed by atoms with E-state index in [-0.39, 0.29) is 9.80 Å². The van der Waals surface area contributed by atoms with Gasteiger partial charge in [-0.05, 0) is 55.6 Å². The number of amides is 1. The maximum absolute atomic E-state index is 12.3. The predicted molar refractivity (Wildman–Crippen MR) is 80.2 cm³/mol. The lowest BCUT2D eigenvalue weighted by atomic mass is 10.0. The summed E-state index contributed by atoms with van der Waals surface area (Å²) < 4.78 is 24.5. The third kappa shape index (κ3) is 2.49. The van der Waals surface area contributed by atoms with Crippen molar-refractivity contribution in [2.75, 3.05) is 19.6 Å². The summed E-state index contributed by atoms with van der Waals surface area (Å²) >= 11 is 0. The van der Waals surface area contributed by atoms with Crippen molar-refractivity contribution in [3.8, 4) is 0 Å². The molecule has 0 bridgehead atoms. The van der Waals surface area contributed by atoms with Crippen molar-refractivity contribution < 1.29 is 13.2 Å². The number of fused-ring (bicyclic) bond motifs is 1. The Morgan fingerprint density at radius 2 is 1.95 bits per heavy atom. The van der Waals surface area contributed by atoms with E-state index < -0.39 is 15.7 Å². The molecule has 1 aromatic carbocycles. The number of likely N-dealkylation sites (tertiary alicyclic amines) is 1. The number of carbonyl (C=O) groups excluding carboxylic acids is 1. The van der Waals surface area contributed by atoms with Crippen LogP contribution in [0.4, 0.5) is 0 Å². The minimum absolute atomic E-state index is 0.204. The van der Waals surface area contributed by atoms with Gasteiger partial charge in [-0.15, -0.1) is 0 Å². The highest BCUT2D eigenvalue weighted by atomic mass is 32.2. The Morgan fingerprint density at radius 3 is 2.62 bits per heavy atom. The monoisotopic (exact) mass is 306 g/mol. The smallest absolute Gasteiger partial charge is 0.260 e. The SMILES string of the molecule is NC(=O)C1=Cc2c(CCN3CCCC3)cccc2S1(=O)=O. The zero-order chi connectivity index (χ0) is 15.0. The summed E-state index contributed by atoms with van der Waals surface area (Å²) in [7, 11) is -3.73. The average Bonchev–Trinajstić information content (AvgIpc) is 3.03. The highest BCUT2D eigenvalue weighted by molar-refractivity contribution is 7.96. The Kier molecular flexibility index (Phi) is 3.59. The quantitative estimate of drug-likeness (QED) is 0.897. The second-order valence-electron chi connectivity index (χ2n) is 5.50. The highest BCUT2D eigenvalue weighted by Crippen LogP contribution is 2.34. The van der Waals surface area contributed by atoms with Crippen LogP contribution < -0.4 is 5.73 Å². The lowest BCUT2D eigenvalue weighted by Gasteiger charge is -2.15. The molecule has 2 N–H and O–H groups in total. The summed E-state index contributed by atoms with van der Waals surface area (Å²) in [6.45, 7) is 3.13. The van der Waals surface area contributed by atoms with Crippen LogP contribution in [-0.2, 0) is 21.1 Å². The largest absolute Gasteiger partial charge is 0.365 e. The van der Waals surface area contributed by atoms with Crippen LogP contribution in [0.3, 0.4) is 0 Å². The summed E-state index contributed by atoms with van der Waals surface area (Å²) in [5.74, 6) is -0.892. The van der Waals surface area contributed by atoms with Crippen molar-refractivity contribution in [2.45, 2.75) is 24.2 Å². The summed E-state index contributed by atoms with van der Waals surface area (Å²) in [4.78, 5) is 13.6. The second-order valence-corrected chi connectivity index (χ2v) is 7.39. The Balaban J connectivity index is 1.91. The van der Waals surface area contributed by atoms with Crippen LogP contribution in [0.2, 0.25) is 0 Å². The minimum atomic E-state index is -3.73. The number of hydrogen-bond donors (Lipinski definition) is 1. The van der Waals surface area contributed by atoms with Crippen LogP contribution in [0, 0.1) is 0 Å². The number of primary amides is 1. The number of sulfone groups is 1. The fraction of sp³-hybridized carbons (Fsp3) is 0.400. The summed E-state index contributed by atoms with van der Waals surface area (Å²) in [5.41, 5.74) is 6.77. The molecular formula is C15H18N2O3S. The summed E-state index contributed by atoms with van der Waals surface area (Å²) in [6, 6.07) is 5.19. The molecule has 5 nitrogen and oxygen atoms in total. The number of nitrogens with zero attached hydrogens (tertiary/aromatic N) is 1. The molecule has 2 aliphatic heterocycles. The molecular weight excluding hydrogens is 288 g/mol. The van der Waals surface area contributed by atoms with Gasteiger partial charge in [-0.3, -0.25) is 4.79 Å². The first-order valence-corrected chi connectivity index (χ1v) is 8.59. The average molecular weight is 306 g/mol. The molecule has 3 rings (SSSR count). The molecule has 0 unspecified atom stereocenters. The van der Waals surface area contributed by atoms with Crippen molar-refractivity contribution in [3.05, 3.63) is 34.2 Å². The van der Waals surface area contributed by atoms with Crippen LogP contribution in [0.5, 0.6) is 0 Å². The first kappa shape index (κ1) is 14.3. The molecule has 1 amide bonds. The van der Waals surface area contributed by atoms with Crippen molar-refractivity contribution in [3.63, 3.8) is 0 Å². The van der Waals surface area contributed by atoms with Crippen molar-refractivity contribution in [1.29, 1.82) is 0 Å². The van der Waals surface area contributed by atoms with Gasteiger partial charge in [-0.2, -0.15) is 0 Å². The molecule has 112 valence electrons. The second kappa shape index (κ2) is 5.27. The molecule has 0 radical (unpaired) electrons. The van der Waals surface area contributed by atoms with Crippen LogP contribution in [0.25, 0.3) is 6.08 Å². The number of nitrogens with two attached hydrogens (primary N) is 1. The molecule has 0 spiro atoms. The lowest BCUT2D eigenvalue weighted by Crippen LogP contribution is -2.22. The van der Waals surface area contributed by atoms with E-state index in [1.165, 1.54) is 25.0 Å². The van der Waals surface area contributed by atoms with Gasteiger partial charge in [0, 0.05) is 6.54 Å². The lowest BCUT2D eigenvalue weighted by molar-refractivity contribution is -0.113. The molecule has 2 aliphatic rings. The summed E-state index contributed by atoms with van der Waals surface area (Å²) in [6.07, 6.45) is 4.66. The molecule has 0 saturated carbocycles. The first-order chi connectivity index (χ1) is 10.00. The van der Waals surface area contributed by atoms with E-state index in [0.717, 1.165) is 31.6 Å². The zero-order valence-electron chi connectivity index (χ0n) is 11.7. The fourth-order valence-corrected chi connectivity index (χ4v) is 4.53. The zero-order valence-corrected chi connectivity index (χ0v) is 12.5. The number of rotatable bonds is 4. The molecule has 1 saturated heterocycles. The summed E-state index contributed by atoms with van der Waals surface area (Å²) in [5, 5.41) is 0. The van der Waals surface area contributed by atoms with E-state index in [2.05, 4.69) is 4.90 Å². The standard InChI is InChI=1S/C15H18N2O3S/c16-15(18)14-10-12-11(6-9-17-7-1-2-8-17)4-3-5-13(12)21(14,19)20/h3-5,10H,1-2,6-9H2,(H2,16,18). The maximum Gasteiger partial charge on any atom is 0.260 e. The predicted octanol–water partition coefficient (Wildman–Crippen LogP) is 0.938. The Hall–Kier alpha value is -1.66. The van der Waals surface area contributed by atoms with E-state index in [4.69, 9.17) is 5.73 Å². The molecule has 0 atom stereocenters.